The third-order valence-corrected chi connectivity index (χ3v) is 3.36. The summed E-state index contributed by atoms with van der Waals surface area (Å²) in [4.78, 5) is 11.4. The van der Waals surface area contributed by atoms with Gasteiger partial charge in [-0.2, -0.15) is 0 Å². The van der Waals surface area contributed by atoms with Gasteiger partial charge >= 0.3 is 6.09 Å². The zero-order chi connectivity index (χ0) is 10.6. The Hall–Kier alpha value is -0.390. The van der Waals surface area contributed by atoms with Gasteiger partial charge in [-0.3, -0.25) is 0 Å². The van der Waals surface area contributed by atoms with E-state index in [0.29, 0.717) is 0 Å². The van der Waals surface area contributed by atoms with Crippen LogP contribution in [0.4, 0.5) is 4.79 Å². The molecule has 3 nitrogen and oxygen atoms in total. The minimum Gasteiger partial charge on any atom is -0.444 e. The van der Waals surface area contributed by atoms with Gasteiger partial charge in [0.05, 0.1) is 6.04 Å². The van der Waals surface area contributed by atoms with E-state index in [1.807, 2.05) is 20.8 Å². The average Bonchev–Trinajstić information content (AvgIpc) is 2.02. The lowest BCUT2D eigenvalue weighted by atomic mass is 10.2. The molecule has 0 fully saturated rings. The fraction of sp³-hybridized carbons (Fsp3) is 0.600. The summed E-state index contributed by atoms with van der Waals surface area (Å²) in [6.07, 6.45) is 2.65. The van der Waals surface area contributed by atoms with Crippen LogP contribution in [-0.4, -0.2) is 21.7 Å². The van der Waals surface area contributed by atoms with E-state index in [1.165, 1.54) is 0 Å². The molecule has 1 N–H and O–H groups in total. The highest BCUT2D eigenvalue weighted by Gasteiger charge is 2.18. The van der Waals surface area contributed by atoms with Crippen molar-refractivity contribution in [2.75, 3.05) is 0 Å². The fourth-order valence-electron chi connectivity index (χ4n) is 0.973. The Morgan fingerprint density at radius 1 is 1.57 bits per heavy atom. The Balaban J connectivity index is 2.34. The Labute approximate surface area is 94.6 Å². The van der Waals surface area contributed by atoms with Crippen LogP contribution in [0.1, 0.15) is 27.2 Å². The molecule has 1 unspecified atom stereocenters. The first-order valence-electron chi connectivity index (χ1n) is 4.57. The van der Waals surface area contributed by atoms with Crippen molar-refractivity contribution in [2.24, 2.45) is 0 Å². The summed E-state index contributed by atoms with van der Waals surface area (Å²) in [6, 6.07) is 0.123. The summed E-state index contributed by atoms with van der Waals surface area (Å²) in [5.41, 5.74) is -0.418. The van der Waals surface area contributed by atoms with Crippen LogP contribution in [0.5, 0.6) is 0 Å². The summed E-state index contributed by atoms with van der Waals surface area (Å²) in [5, 5.41) is 2.81. The van der Waals surface area contributed by atoms with Gasteiger partial charge in [0.1, 0.15) is 5.60 Å². The molecule has 0 saturated heterocycles. The summed E-state index contributed by atoms with van der Waals surface area (Å²) in [5.74, 6) is 0. The predicted molar refractivity (Wildman–Crippen MR) is 67.0 cm³/mol. The number of carbonyl (C=O) groups is 1. The van der Waals surface area contributed by atoms with Gasteiger partial charge in [-0.1, -0.05) is 26.8 Å². The van der Waals surface area contributed by atoms with Crippen LogP contribution in [0.15, 0.2) is 10.2 Å². The molecule has 14 heavy (non-hydrogen) atoms. The van der Waals surface area contributed by atoms with Gasteiger partial charge in [-0.15, -0.1) is 0 Å². The number of ether oxygens (including phenoxy) is 1. The third kappa shape index (κ3) is 4.74. The molecule has 0 radical (unpaired) electrons. The molecule has 0 aliphatic carbocycles. The summed E-state index contributed by atoms with van der Waals surface area (Å²) in [6.45, 7) is 5.59. The molecule has 1 amide bonds. The van der Waals surface area contributed by atoms with Gasteiger partial charge in [0.25, 0.3) is 0 Å². The number of hydrogen-bond donors (Lipinski definition) is 1. The Morgan fingerprint density at radius 2 is 2.29 bits per heavy atom. The molecule has 4 heteroatoms. The highest BCUT2D eigenvalue weighted by Crippen LogP contribution is 2.11. The van der Waals surface area contributed by atoms with Crippen LogP contribution >= 0.6 is 20.7 Å². The number of halogens is 1. The SMILES string of the molecule is CC(C)(C)OC(=O)NC1C=CI=CC1. The van der Waals surface area contributed by atoms with Gasteiger partial charge in [0, 0.05) is 0 Å². The lowest BCUT2D eigenvalue weighted by molar-refractivity contribution is 0.0516. The highest BCUT2D eigenvalue weighted by molar-refractivity contribution is 14.2. The molecule has 1 aliphatic rings. The minimum atomic E-state index is -0.418. The van der Waals surface area contributed by atoms with Crippen molar-refractivity contribution in [1.29, 1.82) is 0 Å². The summed E-state index contributed by atoms with van der Waals surface area (Å²) >= 11 is 0.136. The van der Waals surface area contributed by atoms with E-state index in [1.54, 1.807) is 0 Å². The summed E-state index contributed by atoms with van der Waals surface area (Å²) < 4.78 is 9.56. The van der Waals surface area contributed by atoms with Crippen molar-refractivity contribution < 1.29 is 9.53 Å². The second-order valence-electron chi connectivity index (χ2n) is 4.09. The second-order valence-corrected chi connectivity index (χ2v) is 6.41. The molecule has 0 aromatic carbocycles. The first kappa shape index (κ1) is 11.7. The van der Waals surface area contributed by atoms with E-state index in [9.17, 15) is 4.79 Å². The number of hydrogen-bond acceptors (Lipinski definition) is 2. The molecule has 1 rings (SSSR count). The standard InChI is InChI=1S/C10H16INO2/c1-10(2,3)14-9(13)12-8-4-6-11-7-5-8/h4,6-8H,5H2,1-3H3,(H,12,13). The number of amides is 1. The van der Waals surface area contributed by atoms with Crippen LogP contribution in [0.25, 0.3) is 0 Å². The number of alkyl carbamates (subject to hydrolysis) is 1. The average molecular weight is 309 g/mol. The molecule has 1 aliphatic heterocycles. The van der Waals surface area contributed by atoms with Crippen molar-refractivity contribution in [2.45, 2.75) is 38.8 Å². The Kier molecular flexibility index (Phi) is 4.10. The van der Waals surface area contributed by atoms with Crippen LogP contribution in [-0.2, 0) is 4.74 Å². The van der Waals surface area contributed by atoms with E-state index in [-0.39, 0.29) is 32.9 Å². The van der Waals surface area contributed by atoms with E-state index in [0.717, 1.165) is 6.42 Å². The van der Waals surface area contributed by atoms with E-state index in [4.69, 9.17) is 4.74 Å². The molecule has 0 saturated carbocycles. The predicted octanol–water partition coefficient (Wildman–Crippen LogP) is 2.57. The molecule has 0 bridgehead atoms. The number of nitrogens with one attached hydrogen (secondary N) is 1. The van der Waals surface area contributed by atoms with E-state index >= 15 is 0 Å². The monoisotopic (exact) mass is 309 g/mol. The maximum absolute atomic E-state index is 11.4. The van der Waals surface area contributed by atoms with Crippen LogP contribution in [0, 0.1) is 0 Å². The van der Waals surface area contributed by atoms with E-state index < -0.39 is 5.60 Å². The molecule has 0 aromatic heterocycles. The topological polar surface area (TPSA) is 38.3 Å². The Morgan fingerprint density at radius 3 is 2.79 bits per heavy atom. The molecule has 80 valence electrons. The zero-order valence-electron chi connectivity index (χ0n) is 8.71. The van der Waals surface area contributed by atoms with Crippen LogP contribution < -0.4 is 5.32 Å². The highest BCUT2D eigenvalue weighted by atomic mass is 127. The largest absolute Gasteiger partial charge is 0.444 e. The molecule has 0 aromatic rings. The summed E-state index contributed by atoms with van der Waals surface area (Å²) in [7, 11) is 0. The quantitative estimate of drug-likeness (QED) is 0.756. The van der Waals surface area contributed by atoms with Gasteiger partial charge < -0.3 is 10.1 Å². The van der Waals surface area contributed by atoms with Gasteiger partial charge in [-0.05, 0) is 35.3 Å². The smallest absolute Gasteiger partial charge is 0.408 e. The van der Waals surface area contributed by atoms with Crippen molar-refractivity contribution in [1.82, 2.24) is 5.32 Å². The first-order chi connectivity index (χ1) is 6.47. The maximum atomic E-state index is 11.4. The minimum absolute atomic E-state index is 0.123. The van der Waals surface area contributed by atoms with Crippen molar-refractivity contribution in [3.8, 4) is 0 Å². The van der Waals surface area contributed by atoms with Gasteiger partial charge in [0.2, 0.25) is 0 Å². The lowest BCUT2D eigenvalue weighted by Crippen LogP contribution is -2.38. The molecule has 0 spiro atoms. The molecule has 1 atom stereocenters. The number of carbonyl (C=O) groups excluding carboxylic acids is 1. The van der Waals surface area contributed by atoms with Crippen molar-refractivity contribution in [3.05, 3.63) is 10.2 Å². The molecular formula is C10H16INO2. The number of rotatable bonds is 1. The van der Waals surface area contributed by atoms with Crippen LogP contribution in [0.3, 0.4) is 0 Å². The van der Waals surface area contributed by atoms with Crippen molar-refractivity contribution in [3.63, 3.8) is 0 Å². The Bertz CT molecular complexity index is 266. The maximum Gasteiger partial charge on any atom is 0.408 e. The fourth-order valence-corrected chi connectivity index (χ4v) is 2.85. The lowest BCUT2D eigenvalue weighted by Gasteiger charge is -2.22. The second kappa shape index (κ2) is 4.91. The van der Waals surface area contributed by atoms with Gasteiger partial charge in [-0.25, -0.2) is 4.79 Å². The normalized spacial score (nSPS) is 21.2. The van der Waals surface area contributed by atoms with Crippen molar-refractivity contribution >= 4 is 30.8 Å². The van der Waals surface area contributed by atoms with Crippen LogP contribution in [0.2, 0.25) is 0 Å². The van der Waals surface area contributed by atoms with E-state index in [2.05, 4.69) is 19.5 Å². The molecule has 1 heterocycles. The molecular weight excluding hydrogens is 293 g/mol. The third-order valence-electron chi connectivity index (χ3n) is 1.51. The van der Waals surface area contributed by atoms with Gasteiger partial charge in [0.15, 0.2) is 0 Å². The first-order valence-corrected chi connectivity index (χ1v) is 7.06. The zero-order valence-corrected chi connectivity index (χ0v) is 10.9.